The molecule has 3 aromatic rings. The Bertz CT molecular complexity index is 1270. The topological polar surface area (TPSA) is 77.1 Å². The number of methoxy groups -OCH3 is 3. The molecule has 180 valence electrons. The van der Waals surface area contributed by atoms with Crippen LogP contribution in [-0.2, 0) is 17.8 Å². The molecule has 0 unspecified atom stereocenters. The molecule has 0 bridgehead atoms. The van der Waals surface area contributed by atoms with Crippen LogP contribution in [0, 0.1) is 0 Å². The molecule has 35 heavy (non-hydrogen) atoms. The summed E-state index contributed by atoms with van der Waals surface area (Å²) in [6.07, 6.45) is 0.681. The van der Waals surface area contributed by atoms with Crippen molar-refractivity contribution in [1.82, 2.24) is 10.2 Å². The molecular formula is C28H28N2O5. The smallest absolute Gasteiger partial charge is 0.254 e. The van der Waals surface area contributed by atoms with E-state index in [1.54, 1.807) is 21.3 Å². The third-order valence-electron chi connectivity index (χ3n) is 6.93. The van der Waals surface area contributed by atoms with Gasteiger partial charge < -0.3 is 24.4 Å². The second-order valence-corrected chi connectivity index (χ2v) is 8.73. The van der Waals surface area contributed by atoms with E-state index in [4.69, 9.17) is 14.2 Å². The second-order valence-electron chi connectivity index (χ2n) is 8.73. The lowest BCUT2D eigenvalue weighted by Gasteiger charge is -2.45. The van der Waals surface area contributed by atoms with Crippen molar-refractivity contribution in [3.8, 4) is 17.2 Å². The molecule has 2 heterocycles. The fourth-order valence-electron chi connectivity index (χ4n) is 5.18. The van der Waals surface area contributed by atoms with Gasteiger partial charge in [-0.2, -0.15) is 0 Å². The Kier molecular flexibility index (Phi) is 6.07. The van der Waals surface area contributed by atoms with E-state index < -0.39 is 12.0 Å². The number of ether oxygens (including phenoxy) is 3. The van der Waals surface area contributed by atoms with Crippen molar-refractivity contribution in [3.05, 3.63) is 88.5 Å². The summed E-state index contributed by atoms with van der Waals surface area (Å²) < 4.78 is 16.3. The second kappa shape index (κ2) is 9.33. The SMILES string of the molecule is COc1ccc(CNC(=O)[C@H]2c3ccccc3C(=O)N3CCc4cc(OC)c(OC)cc4[C@@H]23)cc1. The van der Waals surface area contributed by atoms with Crippen molar-refractivity contribution in [1.29, 1.82) is 0 Å². The number of fused-ring (bicyclic) bond motifs is 4. The molecule has 2 atom stereocenters. The van der Waals surface area contributed by atoms with Gasteiger partial charge >= 0.3 is 0 Å². The molecule has 0 radical (unpaired) electrons. The van der Waals surface area contributed by atoms with Crippen LogP contribution in [0.4, 0.5) is 0 Å². The predicted molar refractivity (Wildman–Crippen MR) is 131 cm³/mol. The molecule has 7 nitrogen and oxygen atoms in total. The Morgan fingerprint density at radius 3 is 2.37 bits per heavy atom. The van der Waals surface area contributed by atoms with Gasteiger partial charge in [-0.1, -0.05) is 30.3 Å². The van der Waals surface area contributed by atoms with Gasteiger partial charge in [0.15, 0.2) is 11.5 Å². The summed E-state index contributed by atoms with van der Waals surface area (Å²) in [4.78, 5) is 29.1. The van der Waals surface area contributed by atoms with Crippen molar-refractivity contribution >= 4 is 11.8 Å². The normalized spacial score (nSPS) is 18.1. The molecule has 7 heteroatoms. The minimum atomic E-state index is -0.556. The van der Waals surface area contributed by atoms with Crippen LogP contribution in [-0.4, -0.2) is 44.6 Å². The van der Waals surface area contributed by atoms with Crippen LogP contribution in [0.5, 0.6) is 17.2 Å². The monoisotopic (exact) mass is 472 g/mol. The van der Waals surface area contributed by atoms with Crippen LogP contribution in [0.2, 0.25) is 0 Å². The third-order valence-corrected chi connectivity index (χ3v) is 6.93. The molecule has 2 aliphatic heterocycles. The van der Waals surface area contributed by atoms with Crippen LogP contribution in [0.1, 0.15) is 44.6 Å². The number of amides is 2. The summed E-state index contributed by atoms with van der Waals surface area (Å²) >= 11 is 0. The Balaban J connectivity index is 1.55. The molecule has 2 amide bonds. The highest BCUT2D eigenvalue weighted by atomic mass is 16.5. The largest absolute Gasteiger partial charge is 0.497 e. The molecule has 1 N–H and O–H groups in total. The minimum absolute atomic E-state index is 0.0507. The van der Waals surface area contributed by atoms with Gasteiger partial charge in [-0.15, -0.1) is 0 Å². The van der Waals surface area contributed by atoms with E-state index in [2.05, 4.69) is 5.32 Å². The van der Waals surface area contributed by atoms with E-state index in [1.165, 1.54) is 0 Å². The summed E-state index contributed by atoms with van der Waals surface area (Å²) in [5.41, 5.74) is 4.27. The lowest BCUT2D eigenvalue weighted by atomic mass is 9.75. The highest BCUT2D eigenvalue weighted by molar-refractivity contribution is 6.01. The molecule has 2 aliphatic rings. The zero-order valence-corrected chi connectivity index (χ0v) is 20.0. The molecule has 0 aliphatic carbocycles. The Morgan fingerprint density at radius 2 is 1.66 bits per heavy atom. The van der Waals surface area contributed by atoms with Gasteiger partial charge in [-0.25, -0.2) is 0 Å². The molecule has 3 aromatic carbocycles. The van der Waals surface area contributed by atoms with Crippen LogP contribution in [0.25, 0.3) is 0 Å². The van der Waals surface area contributed by atoms with Crippen molar-refractivity contribution in [2.24, 2.45) is 0 Å². The van der Waals surface area contributed by atoms with Crippen molar-refractivity contribution in [3.63, 3.8) is 0 Å². The zero-order valence-electron chi connectivity index (χ0n) is 20.0. The number of nitrogens with one attached hydrogen (secondary N) is 1. The Morgan fingerprint density at radius 1 is 0.943 bits per heavy atom. The van der Waals surface area contributed by atoms with Gasteiger partial charge in [-0.3, -0.25) is 9.59 Å². The first-order valence-corrected chi connectivity index (χ1v) is 11.6. The summed E-state index contributed by atoms with van der Waals surface area (Å²) in [5.74, 6) is 1.25. The highest BCUT2D eigenvalue weighted by Crippen LogP contribution is 2.48. The Hall–Kier alpha value is -4.00. The fraction of sp³-hybridized carbons (Fsp3) is 0.286. The Labute approximate surface area is 204 Å². The summed E-state index contributed by atoms with van der Waals surface area (Å²) in [5, 5.41) is 3.10. The number of hydrogen-bond donors (Lipinski definition) is 1. The molecule has 0 spiro atoms. The molecule has 0 saturated heterocycles. The minimum Gasteiger partial charge on any atom is -0.497 e. The van der Waals surface area contributed by atoms with E-state index in [9.17, 15) is 9.59 Å². The quantitative estimate of drug-likeness (QED) is 0.590. The number of rotatable bonds is 6. The van der Waals surface area contributed by atoms with E-state index in [0.29, 0.717) is 36.6 Å². The van der Waals surface area contributed by atoms with Crippen LogP contribution < -0.4 is 19.5 Å². The van der Waals surface area contributed by atoms with Gasteiger partial charge in [0.1, 0.15) is 5.75 Å². The maximum Gasteiger partial charge on any atom is 0.254 e. The van der Waals surface area contributed by atoms with Crippen molar-refractivity contribution < 1.29 is 23.8 Å². The average molecular weight is 473 g/mol. The van der Waals surface area contributed by atoms with Gasteiger partial charge in [-0.05, 0) is 59.0 Å². The van der Waals surface area contributed by atoms with Crippen LogP contribution in [0.15, 0.2) is 60.7 Å². The predicted octanol–water partition coefficient (Wildman–Crippen LogP) is 3.87. The molecular weight excluding hydrogens is 444 g/mol. The first kappa shape index (κ1) is 22.8. The van der Waals surface area contributed by atoms with E-state index >= 15 is 0 Å². The molecule has 0 aromatic heterocycles. The fourth-order valence-corrected chi connectivity index (χ4v) is 5.18. The van der Waals surface area contributed by atoms with E-state index in [0.717, 1.165) is 28.0 Å². The van der Waals surface area contributed by atoms with Crippen molar-refractivity contribution in [2.75, 3.05) is 27.9 Å². The van der Waals surface area contributed by atoms with Gasteiger partial charge in [0.2, 0.25) is 5.91 Å². The van der Waals surface area contributed by atoms with Crippen molar-refractivity contribution in [2.45, 2.75) is 24.9 Å². The molecule has 0 fully saturated rings. The number of carbonyl (C=O) groups is 2. The summed E-state index contributed by atoms with van der Waals surface area (Å²) in [6, 6.07) is 18.4. The first-order chi connectivity index (χ1) is 17.0. The lowest BCUT2D eigenvalue weighted by molar-refractivity contribution is -0.124. The first-order valence-electron chi connectivity index (χ1n) is 11.6. The number of hydrogen-bond acceptors (Lipinski definition) is 5. The lowest BCUT2D eigenvalue weighted by Crippen LogP contribution is -2.50. The average Bonchev–Trinajstić information content (AvgIpc) is 2.91. The molecule has 5 rings (SSSR count). The van der Waals surface area contributed by atoms with Crippen LogP contribution in [0.3, 0.4) is 0 Å². The number of carbonyl (C=O) groups excluding carboxylic acids is 2. The van der Waals surface area contributed by atoms with E-state index in [-0.39, 0.29) is 11.8 Å². The van der Waals surface area contributed by atoms with E-state index in [1.807, 2.05) is 65.6 Å². The maximum atomic E-state index is 13.8. The van der Waals surface area contributed by atoms with Crippen LogP contribution >= 0.6 is 0 Å². The summed E-state index contributed by atoms with van der Waals surface area (Å²) in [7, 11) is 4.82. The maximum absolute atomic E-state index is 13.8. The van der Waals surface area contributed by atoms with Gasteiger partial charge in [0.05, 0.1) is 33.3 Å². The van der Waals surface area contributed by atoms with Gasteiger partial charge in [0.25, 0.3) is 5.91 Å². The number of nitrogens with zero attached hydrogens (tertiary/aromatic N) is 1. The highest BCUT2D eigenvalue weighted by Gasteiger charge is 2.46. The standard InChI is InChI=1S/C28H28N2O5/c1-33-19-10-8-17(9-11-19)16-29-27(31)25-20-6-4-5-7-21(20)28(32)30-13-12-18-14-23(34-2)24(35-3)15-22(18)26(25)30/h4-11,14-15,25-26H,12-13,16H2,1-3H3,(H,29,31)/t25-,26-/m0/s1. The zero-order chi connectivity index (χ0) is 24.5. The summed E-state index contributed by atoms with van der Waals surface area (Å²) in [6.45, 7) is 0.906. The van der Waals surface area contributed by atoms with Gasteiger partial charge in [0, 0.05) is 18.7 Å². The number of benzene rings is 3. The molecule has 0 saturated carbocycles. The third kappa shape index (κ3) is 3.97.